The maximum Gasteiger partial charge on any atom is 0.303 e. The molecule has 0 heterocycles. The zero-order chi connectivity index (χ0) is 18.1. The normalized spacial score (nSPS) is 10.5. The summed E-state index contributed by atoms with van der Waals surface area (Å²) in [4.78, 5) is 34.3. The molecule has 0 atom stereocenters. The lowest BCUT2D eigenvalue weighted by atomic mass is 10.1. The Morgan fingerprint density at radius 1 is 1.12 bits per heavy atom. The van der Waals surface area contributed by atoms with Gasteiger partial charge >= 0.3 is 5.97 Å². The third-order valence-corrected chi connectivity index (χ3v) is 3.48. The van der Waals surface area contributed by atoms with E-state index in [-0.39, 0.29) is 24.7 Å². The number of hydrogen-bond donors (Lipinski definition) is 3. The average Bonchev–Trinajstić information content (AvgIpc) is 2.51. The summed E-state index contributed by atoms with van der Waals surface area (Å²) in [6.45, 7) is 6.51. The third kappa shape index (κ3) is 7.26. The van der Waals surface area contributed by atoms with Gasteiger partial charge in [0.25, 0.3) is 5.91 Å². The van der Waals surface area contributed by atoms with Crippen LogP contribution in [0, 0.1) is 12.8 Å². The number of unbranched alkanes of at least 4 members (excludes halogenated alkanes) is 1. The van der Waals surface area contributed by atoms with E-state index in [1.165, 1.54) is 0 Å². The molecule has 0 fully saturated rings. The number of carbonyl (C=O) groups excluding carboxylic acids is 2. The number of hydrogen-bond acceptors (Lipinski definition) is 3. The average molecular weight is 334 g/mol. The van der Waals surface area contributed by atoms with Gasteiger partial charge in [-0.1, -0.05) is 13.8 Å². The third-order valence-electron chi connectivity index (χ3n) is 3.48. The molecule has 132 valence electrons. The molecule has 0 bridgehead atoms. The molecule has 2 amide bonds. The predicted octanol–water partition coefficient (Wildman–Crippen LogP) is 2.96. The van der Waals surface area contributed by atoms with Crippen molar-refractivity contribution >= 4 is 23.5 Å². The summed E-state index contributed by atoms with van der Waals surface area (Å²) < 4.78 is 0. The molecule has 24 heavy (non-hydrogen) atoms. The number of carboxylic acid groups (broad SMARTS) is 1. The first kappa shape index (κ1) is 19.7. The number of benzene rings is 1. The topological polar surface area (TPSA) is 95.5 Å². The lowest BCUT2D eigenvalue weighted by Gasteiger charge is -2.11. The molecule has 6 nitrogen and oxygen atoms in total. The minimum Gasteiger partial charge on any atom is -0.481 e. The summed E-state index contributed by atoms with van der Waals surface area (Å²) in [6.07, 6.45) is 1.37. The molecular formula is C18H26N2O4. The van der Waals surface area contributed by atoms with Crippen LogP contribution in [0.2, 0.25) is 0 Å². The molecule has 0 aliphatic heterocycles. The molecule has 1 rings (SSSR count). The second-order valence-corrected chi connectivity index (χ2v) is 6.28. The summed E-state index contributed by atoms with van der Waals surface area (Å²) in [7, 11) is 0. The van der Waals surface area contributed by atoms with Gasteiger partial charge in [-0.2, -0.15) is 0 Å². The molecule has 0 spiro atoms. The summed E-state index contributed by atoms with van der Waals surface area (Å²) in [6, 6.07) is 5.15. The van der Waals surface area contributed by atoms with E-state index in [2.05, 4.69) is 10.6 Å². The molecular weight excluding hydrogens is 308 g/mol. The summed E-state index contributed by atoms with van der Waals surface area (Å²) in [5.74, 6) is -0.744. The number of aliphatic carboxylic acids is 1. The SMILES string of the molecule is Cc1cc(C(=O)NCC(C)C)ccc1NC(=O)CCCCC(=O)O. The van der Waals surface area contributed by atoms with Gasteiger partial charge in [0.05, 0.1) is 0 Å². The fraction of sp³-hybridized carbons (Fsp3) is 0.500. The molecule has 1 aromatic carbocycles. The molecule has 0 saturated carbocycles. The maximum atomic E-state index is 12.0. The molecule has 3 N–H and O–H groups in total. The Hall–Kier alpha value is -2.37. The van der Waals surface area contributed by atoms with Crippen LogP contribution in [0.25, 0.3) is 0 Å². The molecule has 1 aromatic rings. The van der Waals surface area contributed by atoms with Crippen molar-refractivity contribution in [3.63, 3.8) is 0 Å². The Bertz CT molecular complexity index is 597. The molecule has 0 aliphatic carbocycles. The summed E-state index contributed by atoms with van der Waals surface area (Å²) in [5, 5.41) is 14.2. The van der Waals surface area contributed by atoms with E-state index >= 15 is 0 Å². The number of anilines is 1. The van der Waals surface area contributed by atoms with Crippen LogP contribution in [0.5, 0.6) is 0 Å². The van der Waals surface area contributed by atoms with Crippen LogP contribution in [-0.2, 0) is 9.59 Å². The fourth-order valence-electron chi connectivity index (χ4n) is 2.12. The van der Waals surface area contributed by atoms with E-state index in [9.17, 15) is 14.4 Å². The number of carboxylic acids is 1. The van der Waals surface area contributed by atoms with Gasteiger partial charge in [-0.05, 0) is 49.4 Å². The molecule has 6 heteroatoms. The van der Waals surface area contributed by atoms with Gasteiger partial charge in [0.1, 0.15) is 0 Å². The van der Waals surface area contributed by atoms with Crippen molar-refractivity contribution in [1.29, 1.82) is 0 Å². The van der Waals surface area contributed by atoms with Crippen LogP contribution in [0.4, 0.5) is 5.69 Å². The van der Waals surface area contributed by atoms with E-state index in [0.717, 1.165) is 5.56 Å². The van der Waals surface area contributed by atoms with Crippen molar-refractivity contribution in [3.05, 3.63) is 29.3 Å². The smallest absolute Gasteiger partial charge is 0.303 e. The second kappa shape index (κ2) is 9.70. The zero-order valence-corrected chi connectivity index (χ0v) is 14.5. The zero-order valence-electron chi connectivity index (χ0n) is 14.5. The van der Waals surface area contributed by atoms with E-state index < -0.39 is 5.97 Å². The van der Waals surface area contributed by atoms with Crippen LogP contribution in [0.3, 0.4) is 0 Å². The van der Waals surface area contributed by atoms with Gasteiger partial charge in [-0.3, -0.25) is 14.4 Å². The highest BCUT2D eigenvalue weighted by Gasteiger charge is 2.10. The standard InChI is InChI=1S/C18H26N2O4/c1-12(2)11-19-18(24)14-8-9-15(13(3)10-14)20-16(21)6-4-5-7-17(22)23/h8-10,12H,4-7,11H2,1-3H3,(H,19,24)(H,20,21)(H,22,23). The Balaban J connectivity index is 2.53. The number of carbonyl (C=O) groups is 3. The van der Waals surface area contributed by atoms with Crippen molar-refractivity contribution in [2.24, 2.45) is 5.92 Å². The van der Waals surface area contributed by atoms with Crippen molar-refractivity contribution in [1.82, 2.24) is 5.32 Å². The Morgan fingerprint density at radius 3 is 2.38 bits per heavy atom. The van der Waals surface area contributed by atoms with Crippen LogP contribution in [0.1, 0.15) is 55.5 Å². The molecule has 0 aliphatic rings. The van der Waals surface area contributed by atoms with Crippen LogP contribution in [-0.4, -0.2) is 29.4 Å². The summed E-state index contributed by atoms with van der Waals surface area (Å²) >= 11 is 0. The molecule has 0 radical (unpaired) electrons. The fourth-order valence-corrected chi connectivity index (χ4v) is 2.12. The van der Waals surface area contributed by atoms with Crippen LogP contribution >= 0.6 is 0 Å². The quantitative estimate of drug-likeness (QED) is 0.605. The minimum absolute atomic E-state index is 0.0759. The van der Waals surface area contributed by atoms with Gasteiger partial charge in [0, 0.05) is 30.6 Å². The van der Waals surface area contributed by atoms with Gasteiger partial charge in [0.2, 0.25) is 5.91 Å². The van der Waals surface area contributed by atoms with Gasteiger partial charge in [-0.15, -0.1) is 0 Å². The summed E-state index contributed by atoms with van der Waals surface area (Å²) in [5.41, 5.74) is 2.04. The highest BCUT2D eigenvalue weighted by Crippen LogP contribution is 2.17. The highest BCUT2D eigenvalue weighted by atomic mass is 16.4. The first-order valence-electron chi connectivity index (χ1n) is 8.20. The lowest BCUT2D eigenvalue weighted by Crippen LogP contribution is -2.27. The predicted molar refractivity (Wildman–Crippen MR) is 93.1 cm³/mol. The van der Waals surface area contributed by atoms with Crippen molar-refractivity contribution in [2.45, 2.75) is 46.5 Å². The monoisotopic (exact) mass is 334 g/mol. The van der Waals surface area contributed by atoms with Gasteiger partial charge < -0.3 is 15.7 Å². The highest BCUT2D eigenvalue weighted by molar-refractivity contribution is 5.96. The minimum atomic E-state index is -0.849. The number of aryl methyl sites for hydroxylation is 1. The van der Waals surface area contributed by atoms with E-state index in [1.54, 1.807) is 18.2 Å². The van der Waals surface area contributed by atoms with E-state index in [1.807, 2.05) is 20.8 Å². The van der Waals surface area contributed by atoms with E-state index in [4.69, 9.17) is 5.11 Å². The number of amides is 2. The number of rotatable bonds is 9. The largest absolute Gasteiger partial charge is 0.481 e. The lowest BCUT2D eigenvalue weighted by molar-refractivity contribution is -0.137. The first-order valence-corrected chi connectivity index (χ1v) is 8.20. The molecule has 0 saturated heterocycles. The Kier molecular flexibility index (Phi) is 7.95. The van der Waals surface area contributed by atoms with Gasteiger partial charge in [-0.25, -0.2) is 0 Å². The Labute approximate surface area is 142 Å². The van der Waals surface area contributed by atoms with Crippen molar-refractivity contribution < 1.29 is 19.5 Å². The number of nitrogens with one attached hydrogen (secondary N) is 2. The maximum absolute atomic E-state index is 12.0. The first-order chi connectivity index (χ1) is 11.3. The van der Waals surface area contributed by atoms with Crippen LogP contribution < -0.4 is 10.6 Å². The molecule has 0 unspecified atom stereocenters. The van der Waals surface area contributed by atoms with Gasteiger partial charge in [0.15, 0.2) is 0 Å². The molecule has 0 aromatic heterocycles. The van der Waals surface area contributed by atoms with Crippen LogP contribution in [0.15, 0.2) is 18.2 Å². The van der Waals surface area contributed by atoms with E-state index in [0.29, 0.717) is 36.6 Å². The van der Waals surface area contributed by atoms with Crippen molar-refractivity contribution in [3.8, 4) is 0 Å². The second-order valence-electron chi connectivity index (χ2n) is 6.28. The van der Waals surface area contributed by atoms with Crippen molar-refractivity contribution in [2.75, 3.05) is 11.9 Å². The Morgan fingerprint density at radius 2 is 1.79 bits per heavy atom.